The van der Waals surface area contributed by atoms with E-state index in [0.717, 1.165) is 6.42 Å². The lowest BCUT2D eigenvalue weighted by molar-refractivity contribution is 0.0992. The average Bonchev–Trinajstić information content (AvgIpc) is 2.63. The van der Waals surface area contributed by atoms with Crippen molar-refractivity contribution in [2.45, 2.75) is 6.42 Å². The summed E-state index contributed by atoms with van der Waals surface area (Å²) in [6.07, 6.45) is 5.95. The Morgan fingerprint density at radius 1 is 1.33 bits per heavy atom. The van der Waals surface area contributed by atoms with Crippen molar-refractivity contribution in [3.63, 3.8) is 0 Å². The van der Waals surface area contributed by atoms with Gasteiger partial charge in [0, 0.05) is 12.0 Å². The summed E-state index contributed by atoms with van der Waals surface area (Å²) in [6, 6.07) is 5.24. The number of carbonyl (C=O) groups excluding carboxylic acids is 1. The fourth-order valence-electron chi connectivity index (χ4n) is 1.69. The Bertz CT molecular complexity index is 476. The van der Waals surface area contributed by atoms with E-state index in [1.165, 1.54) is 0 Å². The predicted molar refractivity (Wildman–Crippen MR) is 68.1 cm³/mol. The summed E-state index contributed by atoms with van der Waals surface area (Å²) in [7, 11) is 0. The molecule has 0 saturated carbocycles. The maximum Gasteiger partial charge on any atom is 0.176 e. The molecule has 0 atom stereocenters. The minimum atomic E-state index is -0.0131. The number of terminal acetylenes is 1. The number of ether oxygens (including phenoxy) is 2. The molecule has 1 aromatic carbocycles. The fourth-order valence-corrected chi connectivity index (χ4v) is 1.69. The summed E-state index contributed by atoms with van der Waals surface area (Å²) < 4.78 is 11.0. The topological polar surface area (TPSA) is 47.6 Å². The van der Waals surface area contributed by atoms with Crippen LogP contribution in [0.25, 0.3) is 0 Å². The number of rotatable bonds is 4. The number of Topliss-reactive ketones (excluding diaryl/α,β-unsaturated/α-hetero) is 1. The van der Waals surface area contributed by atoms with Crippen LogP contribution in [-0.4, -0.2) is 32.1 Å². The van der Waals surface area contributed by atoms with Gasteiger partial charge in [0.25, 0.3) is 0 Å². The minimum Gasteiger partial charge on any atom is -0.490 e. The van der Waals surface area contributed by atoms with Gasteiger partial charge in [0.15, 0.2) is 17.3 Å². The maximum atomic E-state index is 11.9. The fraction of sp³-hybridized carbons (Fsp3) is 0.357. The van der Waals surface area contributed by atoms with Gasteiger partial charge < -0.3 is 9.47 Å². The molecule has 4 nitrogen and oxygen atoms in total. The largest absolute Gasteiger partial charge is 0.490 e. The smallest absolute Gasteiger partial charge is 0.176 e. The highest BCUT2D eigenvalue weighted by Crippen LogP contribution is 2.30. The second-order valence-corrected chi connectivity index (χ2v) is 3.94. The van der Waals surface area contributed by atoms with E-state index < -0.39 is 0 Å². The summed E-state index contributed by atoms with van der Waals surface area (Å²) in [4.78, 5) is 11.9. The van der Waals surface area contributed by atoms with Crippen molar-refractivity contribution in [2.75, 3.05) is 26.3 Å². The molecule has 0 saturated heterocycles. The number of carbonyl (C=O) groups is 1. The van der Waals surface area contributed by atoms with Gasteiger partial charge in [0.1, 0.15) is 0 Å². The Morgan fingerprint density at radius 3 is 2.89 bits per heavy atom. The Labute approximate surface area is 106 Å². The Kier molecular flexibility index (Phi) is 4.21. The first kappa shape index (κ1) is 12.5. The lowest BCUT2D eigenvalue weighted by atomic mass is 10.1. The molecule has 4 heteroatoms. The molecule has 0 unspecified atom stereocenters. The first-order valence-electron chi connectivity index (χ1n) is 5.88. The van der Waals surface area contributed by atoms with Crippen molar-refractivity contribution in [3.05, 3.63) is 23.8 Å². The second-order valence-electron chi connectivity index (χ2n) is 3.94. The molecule has 18 heavy (non-hydrogen) atoms. The van der Waals surface area contributed by atoms with E-state index in [1.807, 2.05) is 0 Å². The van der Waals surface area contributed by atoms with Gasteiger partial charge in [-0.3, -0.25) is 10.1 Å². The molecule has 0 fully saturated rings. The maximum absolute atomic E-state index is 11.9. The van der Waals surface area contributed by atoms with Gasteiger partial charge in [-0.1, -0.05) is 5.92 Å². The van der Waals surface area contributed by atoms with Gasteiger partial charge in [-0.15, -0.1) is 6.42 Å². The summed E-state index contributed by atoms with van der Waals surface area (Å²) in [6.45, 7) is 1.87. The normalized spacial score (nSPS) is 13.5. The molecule has 94 valence electrons. The standard InChI is InChI=1S/C14H15NO3/c1-2-6-15-10-12(16)11-4-5-13-14(9-11)18-8-3-7-17-13/h1,4-5,9,15H,3,6-8,10H2. The van der Waals surface area contributed by atoms with Crippen molar-refractivity contribution >= 4 is 5.78 Å². The zero-order valence-electron chi connectivity index (χ0n) is 10.1. The van der Waals surface area contributed by atoms with Crippen LogP contribution in [0.4, 0.5) is 0 Å². The van der Waals surface area contributed by atoms with Crippen LogP contribution in [0.1, 0.15) is 16.8 Å². The first-order chi connectivity index (χ1) is 8.81. The average molecular weight is 245 g/mol. The third-order valence-corrected chi connectivity index (χ3v) is 2.58. The lowest BCUT2D eigenvalue weighted by Crippen LogP contribution is -2.23. The molecule has 0 aromatic heterocycles. The number of fused-ring (bicyclic) bond motifs is 1. The van der Waals surface area contributed by atoms with E-state index in [1.54, 1.807) is 18.2 Å². The molecule has 0 aliphatic carbocycles. The zero-order chi connectivity index (χ0) is 12.8. The quantitative estimate of drug-likeness (QED) is 0.493. The highest BCUT2D eigenvalue weighted by Gasteiger charge is 2.13. The van der Waals surface area contributed by atoms with Gasteiger partial charge in [-0.25, -0.2) is 0 Å². The summed E-state index contributed by atoms with van der Waals surface area (Å²) in [5.41, 5.74) is 0.601. The third kappa shape index (κ3) is 3.02. The van der Waals surface area contributed by atoms with Crippen LogP contribution in [0.15, 0.2) is 18.2 Å². The zero-order valence-corrected chi connectivity index (χ0v) is 10.1. The van der Waals surface area contributed by atoms with Gasteiger partial charge in [0.05, 0.1) is 26.3 Å². The minimum absolute atomic E-state index is 0.0131. The van der Waals surface area contributed by atoms with Crippen LogP contribution < -0.4 is 14.8 Å². The number of hydrogen-bond donors (Lipinski definition) is 1. The summed E-state index contributed by atoms with van der Waals surface area (Å²) in [5.74, 6) is 3.74. The molecule has 1 aromatic rings. The van der Waals surface area contributed by atoms with Gasteiger partial charge >= 0.3 is 0 Å². The number of hydrogen-bond acceptors (Lipinski definition) is 4. The molecule has 1 heterocycles. The predicted octanol–water partition coefficient (Wildman–Crippen LogP) is 1.25. The van der Waals surface area contributed by atoms with Crippen molar-refractivity contribution in [3.8, 4) is 23.8 Å². The third-order valence-electron chi connectivity index (χ3n) is 2.58. The van der Waals surface area contributed by atoms with Crippen LogP contribution in [0, 0.1) is 12.3 Å². The van der Waals surface area contributed by atoms with E-state index in [4.69, 9.17) is 15.9 Å². The van der Waals surface area contributed by atoms with Crippen molar-refractivity contribution in [2.24, 2.45) is 0 Å². The van der Waals surface area contributed by atoms with Crippen molar-refractivity contribution in [1.82, 2.24) is 5.32 Å². The summed E-state index contributed by atoms with van der Waals surface area (Å²) >= 11 is 0. The van der Waals surface area contributed by atoms with E-state index in [0.29, 0.717) is 36.8 Å². The van der Waals surface area contributed by atoms with E-state index >= 15 is 0 Å². The number of ketones is 1. The van der Waals surface area contributed by atoms with Crippen molar-refractivity contribution in [1.29, 1.82) is 0 Å². The van der Waals surface area contributed by atoms with E-state index in [2.05, 4.69) is 11.2 Å². The van der Waals surface area contributed by atoms with Crippen molar-refractivity contribution < 1.29 is 14.3 Å². The van der Waals surface area contributed by atoms with Crippen LogP contribution in [-0.2, 0) is 0 Å². The number of benzene rings is 1. The van der Waals surface area contributed by atoms with E-state index in [9.17, 15) is 4.79 Å². The molecule has 1 N–H and O–H groups in total. The molecule has 0 spiro atoms. The van der Waals surface area contributed by atoms with Gasteiger partial charge in [0.2, 0.25) is 0 Å². The van der Waals surface area contributed by atoms with Gasteiger partial charge in [-0.2, -0.15) is 0 Å². The van der Waals surface area contributed by atoms with Crippen LogP contribution >= 0.6 is 0 Å². The second kappa shape index (κ2) is 6.08. The SMILES string of the molecule is C#CCNCC(=O)c1ccc2c(c1)OCCCO2. The molecular formula is C14H15NO3. The van der Waals surface area contributed by atoms with Crippen LogP contribution in [0.3, 0.4) is 0 Å². The molecule has 0 radical (unpaired) electrons. The Balaban J connectivity index is 2.08. The van der Waals surface area contributed by atoms with Crippen LogP contribution in [0.2, 0.25) is 0 Å². The molecule has 1 aliphatic heterocycles. The molecular weight excluding hydrogens is 230 g/mol. The number of nitrogens with one attached hydrogen (secondary N) is 1. The Morgan fingerprint density at radius 2 is 2.11 bits per heavy atom. The van der Waals surface area contributed by atoms with Crippen LogP contribution in [0.5, 0.6) is 11.5 Å². The molecule has 0 amide bonds. The highest BCUT2D eigenvalue weighted by atomic mass is 16.5. The first-order valence-corrected chi connectivity index (χ1v) is 5.88. The lowest BCUT2D eigenvalue weighted by Gasteiger charge is -2.08. The monoisotopic (exact) mass is 245 g/mol. The highest BCUT2D eigenvalue weighted by molar-refractivity contribution is 5.98. The molecule has 2 rings (SSSR count). The summed E-state index contributed by atoms with van der Waals surface area (Å²) in [5, 5.41) is 2.87. The van der Waals surface area contributed by atoms with E-state index in [-0.39, 0.29) is 12.3 Å². The molecule has 0 bridgehead atoms. The van der Waals surface area contributed by atoms with Gasteiger partial charge in [-0.05, 0) is 18.2 Å². The molecule has 1 aliphatic rings. The Hall–Kier alpha value is -1.99.